The van der Waals surface area contributed by atoms with Gasteiger partial charge in [-0.1, -0.05) is 11.6 Å². The zero-order valence-electron chi connectivity index (χ0n) is 20.9. The van der Waals surface area contributed by atoms with E-state index in [1.165, 1.54) is 17.0 Å². The number of carbonyl (C=O) groups excluding carboxylic acids is 2. The van der Waals surface area contributed by atoms with Gasteiger partial charge in [-0.15, -0.1) is 11.3 Å². The van der Waals surface area contributed by atoms with Crippen molar-refractivity contribution in [3.8, 4) is 0 Å². The molecule has 0 aromatic carbocycles. The van der Waals surface area contributed by atoms with E-state index in [-0.39, 0.29) is 45.7 Å². The monoisotopic (exact) mass is 554 g/mol. The number of aryl methyl sites for hydroxylation is 1. The molecule has 2 atom stereocenters. The SMILES string of the molecule is C[C@@H]1COCCN1C(=O)[C@H]1CCc2c(sc3ncnc(Nc4cc(Cl)c5n(c4=O)C4(CCC4)NC5=O)c23)C1. The summed E-state index contributed by atoms with van der Waals surface area (Å²) in [7, 11) is 0. The molecule has 38 heavy (non-hydrogen) atoms. The molecule has 0 bridgehead atoms. The van der Waals surface area contributed by atoms with E-state index in [9.17, 15) is 14.4 Å². The zero-order valence-corrected chi connectivity index (χ0v) is 22.5. The van der Waals surface area contributed by atoms with Crippen molar-refractivity contribution in [2.24, 2.45) is 5.92 Å². The molecular weight excluding hydrogens is 528 g/mol. The predicted molar refractivity (Wildman–Crippen MR) is 143 cm³/mol. The van der Waals surface area contributed by atoms with E-state index in [0.29, 0.717) is 44.8 Å². The minimum atomic E-state index is -0.688. The summed E-state index contributed by atoms with van der Waals surface area (Å²) in [5.41, 5.74) is 0.627. The molecule has 2 N–H and O–H groups in total. The Morgan fingerprint density at radius 1 is 1.32 bits per heavy atom. The highest BCUT2D eigenvalue weighted by atomic mass is 35.5. The van der Waals surface area contributed by atoms with Crippen molar-refractivity contribution < 1.29 is 14.3 Å². The number of carbonyl (C=O) groups is 2. The van der Waals surface area contributed by atoms with Crippen molar-refractivity contribution in [1.82, 2.24) is 24.8 Å². The van der Waals surface area contributed by atoms with Gasteiger partial charge in [0.05, 0.1) is 29.7 Å². The number of aromatic nitrogens is 3. The molecule has 0 unspecified atom stereocenters. The van der Waals surface area contributed by atoms with Gasteiger partial charge in [-0.25, -0.2) is 9.97 Å². The number of ether oxygens (including phenoxy) is 1. The molecule has 7 rings (SSSR count). The molecule has 0 radical (unpaired) electrons. The Kier molecular flexibility index (Phi) is 5.54. The number of morpholine rings is 1. The highest BCUT2D eigenvalue weighted by Gasteiger charge is 2.49. The van der Waals surface area contributed by atoms with E-state index < -0.39 is 5.66 Å². The van der Waals surface area contributed by atoms with Crippen molar-refractivity contribution >= 4 is 56.5 Å². The summed E-state index contributed by atoms with van der Waals surface area (Å²) in [4.78, 5) is 52.4. The second-order valence-corrected chi connectivity index (χ2v) is 12.2. The van der Waals surface area contributed by atoms with E-state index in [1.54, 1.807) is 11.3 Å². The second kappa shape index (κ2) is 8.75. The first-order chi connectivity index (χ1) is 18.4. The van der Waals surface area contributed by atoms with Crippen LogP contribution in [0, 0.1) is 5.92 Å². The fourth-order valence-corrected chi connectivity index (χ4v) is 7.86. The maximum absolute atomic E-state index is 13.6. The van der Waals surface area contributed by atoms with Gasteiger partial charge in [0.1, 0.15) is 34.0 Å². The van der Waals surface area contributed by atoms with Gasteiger partial charge in [0, 0.05) is 17.3 Å². The third-order valence-corrected chi connectivity index (χ3v) is 9.87. The molecule has 2 amide bonds. The van der Waals surface area contributed by atoms with Gasteiger partial charge in [-0.3, -0.25) is 19.0 Å². The highest BCUT2D eigenvalue weighted by Crippen LogP contribution is 2.43. The normalized spacial score (nSPS) is 23.6. The van der Waals surface area contributed by atoms with E-state index in [4.69, 9.17) is 16.3 Å². The van der Waals surface area contributed by atoms with Crippen LogP contribution >= 0.6 is 22.9 Å². The first-order valence-electron chi connectivity index (χ1n) is 13.1. The van der Waals surface area contributed by atoms with Gasteiger partial charge >= 0.3 is 0 Å². The Morgan fingerprint density at radius 3 is 2.92 bits per heavy atom. The Labute approximate surface area is 227 Å². The molecule has 198 valence electrons. The van der Waals surface area contributed by atoms with E-state index in [2.05, 4.69) is 20.6 Å². The molecule has 2 aliphatic heterocycles. The number of amides is 2. The Hall–Kier alpha value is -3.02. The summed E-state index contributed by atoms with van der Waals surface area (Å²) in [6, 6.07) is 1.60. The first-order valence-corrected chi connectivity index (χ1v) is 14.2. The number of anilines is 2. The van der Waals surface area contributed by atoms with Gasteiger partial charge in [0.2, 0.25) is 5.91 Å². The molecule has 10 nitrogen and oxygen atoms in total. The number of fused-ring (bicyclic) bond motifs is 5. The molecule has 4 aliphatic rings. The molecule has 2 aliphatic carbocycles. The van der Waals surface area contributed by atoms with Crippen molar-refractivity contribution in [2.75, 3.05) is 25.1 Å². The van der Waals surface area contributed by atoms with Crippen LogP contribution in [-0.2, 0) is 28.0 Å². The number of nitrogens with zero attached hydrogens (tertiary/aromatic N) is 4. The fourth-order valence-electron chi connectivity index (χ4n) is 6.31. The van der Waals surface area contributed by atoms with Crippen molar-refractivity contribution in [2.45, 2.75) is 57.2 Å². The second-order valence-electron chi connectivity index (χ2n) is 10.7. The lowest BCUT2D eigenvalue weighted by Gasteiger charge is -2.39. The summed E-state index contributed by atoms with van der Waals surface area (Å²) in [6.45, 7) is 3.83. The summed E-state index contributed by atoms with van der Waals surface area (Å²) in [5.74, 6) is 0.351. The van der Waals surface area contributed by atoms with E-state index >= 15 is 0 Å². The molecule has 5 heterocycles. The number of thiophene rings is 1. The standard InChI is InChI=1S/C26H27ClN6O4S/c1-13-11-37-8-7-32(13)24(35)14-3-4-15-18(9-14)38-23-19(15)21(28-12-29-23)30-17-10-16(27)20-22(34)31-26(5-2-6-26)33(20)25(17)36/h10,12-14H,2-9,11H2,1H3,(H,31,34)(H,28,29,30)/t13-,14+/m1/s1. The predicted octanol–water partition coefficient (Wildman–Crippen LogP) is 3.18. The van der Waals surface area contributed by atoms with Crippen LogP contribution in [0.5, 0.6) is 0 Å². The van der Waals surface area contributed by atoms with Crippen molar-refractivity contribution in [1.29, 1.82) is 0 Å². The van der Waals surface area contributed by atoms with Crippen LogP contribution in [0.15, 0.2) is 17.2 Å². The molecule has 2 fully saturated rings. The number of halogens is 1. The third kappa shape index (κ3) is 3.51. The van der Waals surface area contributed by atoms with Gasteiger partial charge < -0.3 is 20.3 Å². The largest absolute Gasteiger partial charge is 0.377 e. The summed E-state index contributed by atoms with van der Waals surface area (Å²) < 4.78 is 7.03. The Balaban J connectivity index is 1.22. The topological polar surface area (TPSA) is 118 Å². The summed E-state index contributed by atoms with van der Waals surface area (Å²) in [5, 5.41) is 7.29. The number of hydrogen-bond acceptors (Lipinski definition) is 8. The molecule has 1 saturated heterocycles. The number of rotatable bonds is 3. The van der Waals surface area contributed by atoms with Crippen molar-refractivity contribution in [3.63, 3.8) is 0 Å². The van der Waals surface area contributed by atoms with Crippen LogP contribution in [0.2, 0.25) is 5.02 Å². The first kappa shape index (κ1) is 24.1. The van der Waals surface area contributed by atoms with Gasteiger partial charge in [0.15, 0.2) is 0 Å². The molecular formula is C26H27ClN6O4S. The molecule has 3 aromatic heterocycles. The fraction of sp³-hybridized carbons (Fsp3) is 0.500. The Bertz CT molecular complexity index is 1560. The molecule has 1 spiro atoms. The van der Waals surface area contributed by atoms with Crippen LogP contribution < -0.4 is 16.2 Å². The smallest absolute Gasteiger partial charge is 0.276 e. The van der Waals surface area contributed by atoms with Gasteiger partial charge in [0.25, 0.3) is 11.5 Å². The summed E-state index contributed by atoms with van der Waals surface area (Å²) in [6.07, 6.45) is 5.97. The number of hydrogen-bond donors (Lipinski definition) is 2. The van der Waals surface area contributed by atoms with Gasteiger partial charge in [-0.05, 0) is 57.1 Å². The van der Waals surface area contributed by atoms with E-state index in [0.717, 1.165) is 39.9 Å². The van der Waals surface area contributed by atoms with E-state index in [1.807, 2.05) is 11.8 Å². The lowest BCUT2D eigenvalue weighted by Crippen LogP contribution is -2.52. The quantitative estimate of drug-likeness (QED) is 0.510. The van der Waals surface area contributed by atoms with Crippen LogP contribution in [0.4, 0.5) is 11.5 Å². The number of pyridine rings is 1. The minimum absolute atomic E-state index is 0.0654. The minimum Gasteiger partial charge on any atom is -0.377 e. The van der Waals surface area contributed by atoms with Crippen LogP contribution in [0.1, 0.15) is 53.5 Å². The average molecular weight is 555 g/mol. The van der Waals surface area contributed by atoms with Crippen LogP contribution in [0.3, 0.4) is 0 Å². The van der Waals surface area contributed by atoms with Gasteiger partial charge in [-0.2, -0.15) is 0 Å². The lowest BCUT2D eigenvalue weighted by molar-refractivity contribution is -0.143. The summed E-state index contributed by atoms with van der Waals surface area (Å²) >= 11 is 8.10. The maximum atomic E-state index is 13.6. The van der Waals surface area contributed by atoms with Crippen LogP contribution in [-0.4, -0.2) is 57.0 Å². The average Bonchev–Trinajstić information content (AvgIpc) is 3.43. The van der Waals surface area contributed by atoms with Crippen molar-refractivity contribution in [3.05, 3.63) is 43.9 Å². The Morgan fingerprint density at radius 2 is 2.16 bits per heavy atom. The van der Waals surface area contributed by atoms with Crippen LogP contribution in [0.25, 0.3) is 10.2 Å². The zero-order chi connectivity index (χ0) is 26.2. The third-order valence-electron chi connectivity index (χ3n) is 8.42. The molecule has 12 heteroatoms. The maximum Gasteiger partial charge on any atom is 0.276 e. The number of nitrogens with one attached hydrogen (secondary N) is 2. The molecule has 1 saturated carbocycles. The highest BCUT2D eigenvalue weighted by molar-refractivity contribution is 7.19. The molecule has 3 aromatic rings. The lowest BCUT2D eigenvalue weighted by atomic mass is 9.85.